The molecule has 3 aromatic heterocycles. The monoisotopic (exact) mass is 789 g/mol. The van der Waals surface area contributed by atoms with Crippen molar-refractivity contribution in [2.45, 2.75) is 21.6 Å². The number of hydrogen-bond acceptors (Lipinski definition) is 11. The molecule has 0 atom stereocenters. The number of aryl methyl sites for hydroxylation is 1. The van der Waals surface area contributed by atoms with Crippen LogP contribution >= 0.6 is 0 Å². The summed E-state index contributed by atoms with van der Waals surface area (Å²) in [5.74, 6) is 0. The summed E-state index contributed by atoms with van der Waals surface area (Å²) in [6.45, 7) is 1.89. The van der Waals surface area contributed by atoms with Crippen LogP contribution in [0.1, 0.15) is 28.3 Å². The number of H-pyrrole nitrogens is 2. The highest BCUT2D eigenvalue weighted by atomic mass is 32.2. The van der Waals surface area contributed by atoms with Crippen molar-refractivity contribution in [1.82, 2.24) is 19.9 Å². The molecule has 0 radical (unpaired) electrons. The second kappa shape index (κ2) is 13.1. The predicted molar refractivity (Wildman–Crippen MR) is 204 cm³/mol. The summed E-state index contributed by atoms with van der Waals surface area (Å²) in [6.07, 6.45) is 7.18. The lowest BCUT2D eigenvalue weighted by molar-refractivity contribution is 0.461. The average molecular weight is 790 g/mol. The van der Waals surface area contributed by atoms with Crippen molar-refractivity contribution >= 4 is 76.7 Å². The van der Waals surface area contributed by atoms with Gasteiger partial charge in [-0.2, -0.15) is 0 Å². The Balaban J connectivity index is 1.50. The molecule has 0 amide bonds. The third kappa shape index (κ3) is 6.82. The molecule has 0 fully saturated rings. The van der Waals surface area contributed by atoms with Crippen molar-refractivity contribution in [3.05, 3.63) is 125 Å². The van der Waals surface area contributed by atoms with Crippen molar-refractivity contribution in [2.24, 2.45) is 0 Å². The van der Waals surface area contributed by atoms with Gasteiger partial charge in [0, 0.05) is 38.8 Å². The van der Waals surface area contributed by atoms with E-state index in [1.165, 1.54) is 72.8 Å². The molecule has 55 heavy (non-hydrogen) atoms. The van der Waals surface area contributed by atoms with Gasteiger partial charge in [-0.15, -0.1) is 0 Å². The van der Waals surface area contributed by atoms with E-state index in [1.807, 2.05) is 31.2 Å². The fraction of sp³-hybridized carbons (Fsp3) is 0.0256. The van der Waals surface area contributed by atoms with E-state index in [1.54, 1.807) is 24.3 Å². The molecule has 2 aliphatic heterocycles. The van der Waals surface area contributed by atoms with E-state index in [4.69, 9.17) is 9.97 Å². The maximum absolute atomic E-state index is 11.8. The molecule has 16 heteroatoms. The topological polar surface area (TPSA) is 229 Å². The van der Waals surface area contributed by atoms with Gasteiger partial charge >= 0.3 is 0 Å². The smallest absolute Gasteiger partial charge is 0.124 e. The van der Waals surface area contributed by atoms with Crippen LogP contribution < -0.4 is 0 Å². The molecule has 0 aliphatic carbocycles. The summed E-state index contributed by atoms with van der Waals surface area (Å²) in [5.41, 5.74) is 8.59. The first-order valence-corrected chi connectivity index (χ1v) is 20.6. The maximum Gasteiger partial charge on any atom is 0.124 e. The Kier molecular flexibility index (Phi) is 8.56. The molecule has 5 heterocycles. The van der Waals surface area contributed by atoms with Crippen LogP contribution in [-0.4, -0.2) is 58.8 Å². The molecule has 0 spiro atoms. The maximum atomic E-state index is 11.8. The minimum Gasteiger partial charge on any atom is -0.744 e. The van der Waals surface area contributed by atoms with Gasteiger partial charge in [-0.05, 0) is 114 Å². The lowest BCUT2D eigenvalue weighted by Gasteiger charge is -2.10. The van der Waals surface area contributed by atoms with Gasteiger partial charge in [0.15, 0.2) is 0 Å². The molecular formula is C39H25N4O9S3-3. The number of hydrogen-bond donors (Lipinski definition) is 2. The Morgan fingerprint density at radius 1 is 0.400 bits per heavy atom. The zero-order chi connectivity index (χ0) is 38.9. The third-order valence-corrected chi connectivity index (χ3v) is 11.9. The first-order valence-electron chi connectivity index (χ1n) is 16.4. The van der Waals surface area contributed by atoms with E-state index in [9.17, 15) is 38.9 Å². The molecule has 8 bridgehead atoms. The van der Waals surface area contributed by atoms with Gasteiger partial charge in [-0.25, -0.2) is 35.2 Å². The quantitative estimate of drug-likeness (QED) is 0.169. The lowest BCUT2D eigenvalue weighted by atomic mass is 10.0. The molecule has 0 unspecified atom stereocenters. The van der Waals surface area contributed by atoms with E-state index in [0.717, 1.165) is 5.56 Å². The van der Waals surface area contributed by atoms with Crippen LogP contribution in [-0.2, 0) is 30.4 Å². The Morgan fingerprint density at radius 2 is 0.673 bits per heavy atom. The molecule has 6 aromatic rings. The summed E-state index contributed by atoms with van der Waals surface area (Å²) < 4.78 is 106. The first kappa shape index (κ1) is 36.0. The van der Waals surface area contributed by atoms with Crippen molar-refractivity contribution < 1.29 is 38.9 Å². The second-order valence-corrected chi connectivity index (χ2v) is 16.8. The minimum atomic E-state index is -4.74. The molecule has 0 saturated heterocycles. The summed E-state index contributed by atoms with van der Waals surface area (Å²) >= 11 is 0. The number of aromatic nitrogens is 4. The van der Waals surface area contributed by atoms with Gasteiger partial charge in [0.05, 0.1) is 37.5 Å². The summed E-state index contributed by atoms with van der Waals surface area (Å²) in [7, 11) is -14.2. The zero-order valence-corrected chi connectivity index (χ0v) is 30.8. The van der Waals surface area contributed by atoms with E-state index < -0.39 is 35.2 Å². The fourth-order valence-corrected chi connectivity index (χ4v) is 8.03. The standard InChI is InChI=1S/C39H28N4O9S3/c1-22-29-14-16-31(40-29)37(23-2-8-26(9-3-23)53(44,45)46)33-18-20-35(42-33)39(25-6-12-28(13-7-25)55(50,51)52)36-21-19-34(43-36)38(32-17-15-30(22)41-32)24-4-10-27(11-5-24)54(47,48)49/h2-21,40,43H,1H3,(H,44,45,46)(H,47,48,49)(H,50,51,52)/p-3. The number of rotatable bonds is 6. The van der Waals surface area contributed by atoms with E-state index in [2.05, 4.69) is 9.97 Å². The second-order valence-electron chi connectivity index (χ2n) is 12.7. The lowest BCUT2D eigenvalue weighted by Crippen LogP contribution is -1.98. The van der Waals surface area contributed by atoms with Crippen molar-refractivity contribution in [3.63, 3.8) is 0 Å². The van der Waals surface area contributed by atoms with Crippen LogP contribution in [0.15, 0.2) is 112 Å². The zero-order valence-electron chi connectivity index (χ0n) is 28.3. The van der Waals surface area contributed by atoms with Gasteiger partial charge in [0.1, 0.15) is 30.4 Å². The number of nitrogens with one attached hydrogen (secondary N) is 2. The summed E-state index contributed by atoms with van der Waals surface area (Å²) in [4.78, 5) is 15.7. The Hall–Kier alpha value is -6.01. The molecule has 2 aliphatic rings. The fourth-order valence-electron chi connectivity index (χ4n) is 6.62. The Labute approximate surface area is 314 Å². The number of benzene rings is 3. The Morgan fingerprint density at radius 3 is 1.00 bits per heavy atom. The summed E-state index contributed by atoms with van der Waals surface area (Å²) in [6, 6.07) is 23.7. The molecule has 3 aromatic carbocycles. The van der Waals surface area contributed by atoms with Gasteiger partial charge < -0.3 is 23.6 Å². The number of fused-ring (bicyclic) bond motifs is 8. The third-order valence-electron chi connectivity index (χ3n) is 9.31. The molecule has 276 valence electrons. The van der Waals surface area contributed by atoms with Gasteiger partial charge in [-0.3, -0.25) is 0 Å². The van der Waals surface area contributed by atoms with Crippen molar-refractivity contribution in [1.29, 1.82) is 0 Å². The minimum absolute atomic E-state index is 0.389. The van der Waals surface area contributed by atoms with Crippen LogP contribution in [0.2, 0.25) is 0 Å². The molecule has 13 nitrogen and oxygen atoms in total. The average Bonchev–Trinajstić information content (AvgIpc) is 3.97. The van der Waals surface area contributed by atoms with Crippen LogP contribution in [0.4, 0.5) is 0 Å². The van der Waals surface area contributed by atoms with Gasteiger partial charge in [0.25, 0.3) is 0 Å². The van der Waals surface area contributed by atoms with Crippen LogP contribution in [0.5, 0.6) is 0 Å². The van der Waals surface area contributed by atoms with E-state index in [-0.39, 0.29) is 9.79 Å². The molecular weight excluding hydrogens is 765 g/mol. The normalized spacial score (nSPS) is 13.0. The first-order chi connectivity index (χ1) is 26.0. The summed E-state index contributed by atoms with van der Waals surface area (Å²) in [5, 5.41) is 0. The highest BCUT2D eigenvalue weighted by Gasteiger charge is 2.18. The van der Waals surface area contributed by atoms with Crippen LogP contribution in [0.3, 0.4) is 0 Å². The van der Waals surface area contributed by atoms with Crippen molar-refractivity contribution in [3.8, 4) is 33.4 Å². The largest absolute Gasteiger partial charge is 0.744 e. The number of nitrogens with zero attached hydrogens (tertiary/aromatic N) is 2. The predicted octanol–water partition coefficient (Wildman–Crippen LogP) is 6.68. The number of aromatic amines is 2. The van der Waals surface area contributed by atoms with E-state index in [0.29, 0.717) is 78.2 Å². The van der Waals surface area contributed by atoms with E-state index >= 15 is 0 Å². The Bertz CT molecular complexity index is 3080. The van der Waals surface area contributed by atoms with Crippen LogP contribution in [0.25, 0.3) is 79.8 Å². The highest BCUT2D eigenvalue weighted by Crippen LogP contribution is 2.37. The molecule has 2 N–H and O–H groups in total. The van der Waals surface area contributed by atoms with Gasteiger partial charge in [0.2, 0.25) is 0 Å². The SMILES string of the molecule is Cc1c2nc(c(-c3ccc(S(=O)(=O)[O-])cc3)c3ccc([nH]3)c(-c3ccc(S(=O)(=O)[O-])cc3)c3nc(c(-c4ccc(S(=O)(=O)[O-])cc4)c4ccc1[nH]4)C=C3)C=C2. The highest BCUT2D eigenvalue weighted by molar-refractivity contribution is 7.86. The van der Waals surface area contributed by atoms with Crippen LogP contribution in [0, 0.1) is 6.92 Å². The van der Waals surface area contributed by atoms with Crippen molar-refractivity contribution in [2.75, 3.05) is 0 Å². The molecule has 8 rings (SSSR count). The van der Waals surface area contributed by atoms with Gasteiger partial charge in [-0.1, -0.05) is 36.4 Å². The molecule has 0 saturated carbocycles.